The average Bonchev–Trinajstić information content (AvgIpc) is 3.36. The van der Waals surface area contributed by atoms with Crippen LogP contribution in [-0.2, 0) is 28.6 Å². The summed E-state index contributed by atoms with van der Waals surface area (Å²) in [6, 6.07) is 0. The molecule has 0 heterocycles. The molecular weight excluding hydrogens is 865 g/mol. The zero-order valence-electron chi connectivity index (χ0n) is 46.3. The SMILES string of the molecule is CC/C=C\C/C=C\C/C=C\C/C=C\C/C=C\C/C=C\CCCCCCCCCCCCCCCCC(=O)OCC(COC(=O)CCCCCCCCCCC)OC(=O)CCCCCCCCCCCC. The normalized spacial score (nSPS) is 12.6. The maximum Gasteiger partial charge on any atom is 0.306 e. The molecule has 0 radical (unpaired) electrons. The first-order valence-electron chi connectivity index (χ1n) is 29.9. The topological polar surface area (TPSA) is 78.9 Å². The summed E-state index contributed by atoms with van der Waals surface area (Å²) in [6.07, 6.45) is 75.0. The number of rotatable bonds is 54. The molecule has 1 unspecified atom stereocenters. The molecule has 0 spiro atoms. The molecule has 0 saturated heterocycles. The van der Waals surface area contributed by atoms with Crippen molar-refractivity contribution < 1.29 is 28.6 Å². The second kappa shape index (κ2) is 58.4. The van der Waals surface area contributed by atoms with Crippen LogP contribution in [0.1, 0.15) is 297 Å². The maximum absolute atomic E-state index is 12.7. The lowest BCUT2D eigenvalue weighted by molar-refractivity contribution is -0.167. The summed E-state index contributed by atoms with van der Waals surface area (Å²) < 4.78 is 16.8. The van der Waals surface area contributed by atoms with Crippen molar-refractivity contribution in [2.24, 2.45) is 0 Å². The monoisotopic (exact) mass is 977 g/mol. The lowest BCUT2D eigenvalue weighted by Gasteiger charge is -2.18. The predicted molar refractivity (Wildman–Crippen MR) is 302 cm³/mol. The Bertz CT molecular complexity index is 1310. The number of carbonyl (C=O) groups is 3. The largest absolute Gasteiger partial charge is 0.462 e. The highest BCUT2D eigenvalue weighted by Gasteiger charge is 2.19. The first kappa shape index (κ1) is 66.9. The molecule has 0 aromatic rings. The summed E-state index contributed by atoms with van der Waals surface area (Å²) in [7, 11) is 0. The molecule has 0 rings (SSSR count). The molecule has 0 aromatic heterocycles. The average molecular weight is 978 g/mol. The number of hydrogen-bond acceptors (Lipinski definition) is 6. The fourth-order valence-corrected chi connectivity index (χ4v) is 8.51. The van der Waals surface area contributed by atoms with E-state index in [9.17, 15) is 14.4 Å². The van der Waals surface area contributed by atoms with Crippen molar-refractivity contribution in [2.75, 3.05) is 13.2 Å². The highest BCUT2D eigenvalue weighted by atomic mass is 16.6. The van der Waals surface area contributed by atoms with E-state index >= 15 is 0 Å². The minimum Gasteiger partial charge on any atom is -0.462 e. The second-order valence-electron chi connectivity index (χ2n) is 19.9. The zero-order valence-corrected chi connectivity index (χ0v) is 46.3. The van der Waals surface area contributed by atoms with Crippen LogP contribution in [0.3, 0.4) is 0 Å². The summed E-state index contributed by atoms with van der Waals surface area (Å²) >= 11 is 0. The molecule has 1 atom stereocenters. The molecule has 0 bridgehead atoms. The van der Waals surface area contributed by atoms with Crippen LogP contribution in [-0.4, -0.2) is 37.2 Å². The maximum atomic E-state index is 12.7. The molecule has 6 nitrogen and oxygen atoms in total. The van der Waals surface area contributed by atoms with Crippen LogP contribution < -0.4 is 0 Å². The summed E-state index contributed by atoms with van der Waals surface area (Å²) in [5, 5.41) is 0. The molecule has 70 heavy (non-hydrogen) atoms. The van der Waals surface area contributed by atoms with Crippen molar-refractivity contribution >= 4 is 17.9 Å². The molecule has 6 heteroatoms. The third-order valence-electron chi connectivity index (χ3n) is 13.0. The fourth-order valence-electron chi connectivity index (χ4n) is 8.51. The fraction of sp³-hybridized carbons (Fsp3) is 0.766. The Morgan fingerprint density at radius 1 is 0.300 bits per heavy atom. The van der Waals surface area contributed by atoms with E-state index in [4.69, 9.17) is 14.2 Å². The minimum absolute atomic E-state index is 0.0698. The van der Waals surface area contributed by atoms with Crippen LogP contribution in [0.25, 0.3) is 0 Å². The molecule has 0 aliphatic carbocycles. The number of esters is 3. The van der Waals surface area contributed by atoms with E-state index in [0.717, 1.165) is 96.3 Å². The van der Waals surface area contributed by atoms with Gasteiger partial charge in [-0.15, -0.1) is 0 Å². The van der Waals surface area contributed by atoms with E-state index in [1.54, 1.807) is 0 Å². The summed E-state index contributed by atoms with van der Waals surface area (Å²) in [4.78, 5) is 37.9. The van der Waals surface area contributed by atoms with Crippen molar-refractivity contribution in [1.82, 2.24) is 0 Å². The highest BCUT2D eigenvalue weighted by molar-refractivity contribution is 5.71. The van der Waals surface area contributed by atoms with Crippen molar-refractivity contribution in [2.45, 2.75) is 303 Å². The van der Waals surface area contributed by atoms with Gasteiger partial charge in [0.15, 0.2) is 6.10 Å². The van der Waals surface area contributed by atoms with Gasteiger partial charge in [0.05, 0.1) is 0 Å². The standard InChI is InChI=1S/C64H112O6/c1-4-7-10-13-16-19-21-22-23-24-25-26-27-28-29-30-31-32-33-34-35-36-37-38-39-40-41-42-43-46-48-51-54-57-63(66)69-60-61(59-68-62(65)56-53-50-47-44-18-15-12-9-6-3)70-64(67)58-55-52-49-45-20-17-14-11-8-5-2/h7,10,16,19,22-23,25-26,28-29,31-32,61H,4-6,8-9,11-15,17-18,20-21,24,27,30,33-60H2,1-3H3/b10-7-,19-16-,23-22-,26-25-,29-28-,32-31-. The lowest BCUT2D eigenvalue weighted by Crippen LogP contribution is -2.30. The smallest absolute Gasteiger partial charge is 0.306 e. The molecule has 0 N–H and O–H groups in total. The van der Waals surface area contributed by atoms with E-state index in [2.05, 4.69) is 93.7 Å². The number of allylic oxidation sites excluding steroid dienone is 12. The van der Waals surface area contributed by atoms with Gasteiger partial charge in [-0.1, -0.05) is 280 Å². The third kappa shape index (κ3) is 55.8. The number of carbonyl (C=O) groups excluding carboxylic acids is 3. The van der Waals surface area contributed by atoms with Crippen LogP contribution in [0.4, 0.5) is 0 Å². The van der Waals surface area contributed by atoms with E-state index in [-0.39, 0.29) is 31.1 Å². The van der Waals surface area contributed by atoms with Gasteiger partial charge in [0.25, 0.3) is 0 Å². The Labute approximate surface area is 433 Å². The number of unbranched alkanes of at least 4 members (excludes halogenated alkanes) is 31. The first-order valence-corrected chi connectivity index (χ1v) is 29.9. The van der Waals surface area contributed by atoms with E-state index in [1.807, 2.05) is 0 Å². The van der Waals surface area contributed by atoms with E-state index < -0.39 is 6.10 Å². The first-order chi connectivity index (χ1) is 34.5. The van der Waals surface area contributed by atoms with Gasteiger partial charge in [0.1, 0.15) is 13.2 Å². The van der Waals surface area contributed by atoms with Gasteiger partial charge in [-0.05, 0) is 70.6 Å². The Kier molecular flexibility index (Phi) is 55.8. The van der Waals surface area contributed by atoms with Crippen LogP contribution in [0.2, 0.25) is 0 Å². The van der Waals surface area contributed by atoms with Gasteiger partial charge in [0.2, 0.25) is 0 Å². The summed E-state index contributed by atoms with van der Waals surface area (Å²) in [5.74, 6) is -0.865. The molecule has 0 aliphatic heterocycles. The minimum atomic E-state index is -0.767. The lowest BCUT2D eigenvalue weighted by atomic mass is 10.0. The van der Waals surface area contributed by atoms with E-state index in [1.165, 1.54) is 161 Å². The van der Waals surface area contributed by atoms with Crippen molar-refractivity contribution in [3.8, 4) is 0 Å². The van der Waals surface area contributed by atoms with Gasteiger partial charge >= 0.3 is 17.9 Å². The van der Waals surface area contributed by atoms with E-state index in [0.29, 0.717) is 19.3 Å². The Hall–Kier alpha value is -3.15. The van der Waals surface area contributed by atoms with Crippen molar-refractivity contribution in [3.05, 3.63) is 72.9 Å². The predicted octanol–water partition coefficient (Wildman–Crippen LogP) is 20.2. The summed E-state index contributed by atoms with van der Waals surface area (Å²) in [6.45, 7) is 6.51. The van der Waals surface area contributed by atoms with Crippen LogP contribution >= 0.6 is 0 Å². The van der Waals surface area contributed by atoms with Gasteiger partial charge in [0, 0.05) is 19.3 Å². The van der Waals surface area contributed by atoms with Gasteiger partial charge in [-0.3, -0.25) is 14.4 Å². The summed E-state index contributed by atoms with van der Waals surface area (Å²) in [5.41, 5.74) is 0. The Morgan fingerprint density at radius 2 is 0.557 bits per heavy atom. The van der Waals surface area contributed by atoms with Crippen LogP contribution in [0, 0.1) is 0 Å². The van der Waals surface area contributed by atoms with Crippen molar-refractivity contribution in [1.29, 1.82) is 0 Å². The van der Waals surface area contributed by atoms with Gasteiger partial charge in [-0.2, -0.15) is 0 Å². The number of hydrogen-bond donors (Lipinski definition) is 0. The molecule has 0 aliphatic rings. The zero-order chi connectivity index (χ0) is 50.7. The van der Waals surface area contributed by atoms with Crippen LogP contribution in [0.15, 0.2) is 72.9 Å². The van der Waals surface area contributed by atoms with Gasteiger partial charge in [-0.25, -0.2) is 0 Å². The molecule has 0 aromatic carbocycles. The number of ether oxygens (including phenoxy) is 3. The van der Waals surface area contributed by atoms with Crippen LogP contribution in [0.5, 0.6) is 0 Å². The molecule has 0 saturated carbocycles. The van der Waals surface area contributed by atoms with Crippen molar-refractivity contribution in [3.63, 3.8) is 0 Å². The molecule has 404 valence electrons. The van der Waals surface area contributed by atoms with Gasteiger partial charge < -0.3 is 14.2 Å². The molecular formula is C64H112O6. The molecule has 0 amide bonds. The third-order valence-corrected chi connectivity index (χ3v) is 13.0. The second-order valence-corrected chi connectivity index (χ2v) is 19.9. The quantitative estimate of drug-likeness (QED) is 0.0261. The Morgan fingerprint density at radius 3 is 0.871 bits per heavy atom. The Balaban J connectivity index is 4.01. The molecule has 0 fully saturated rings. The highest BCUT2D eigenvalue weighted by Crippen LogP contribution is 2.16.